The number of carbonyl (C=O) groups is 2. The molecule has 2 aromatic rings. The summed E-state index contributed by atoms with van der Waals surface area (Å²) in [6.45, 7) is 3.87. The Morgan fingerprint density at radius 1 is 1.17 bits per heavy atom. The van der Waals surface area contributed by atoms with E-state index in [-0.39, 0.29) is 24.5 Å². The van der Waals surface area contributed by atoms with Gasteiger partial charge in [0, 0.05) is 16.5 Å². The summed E-state index contributed by atoms with van der Waals surface area (Å²) < 4.78 is 15.8. The number of thioether (sulfide) groups is 1. The third kappa shape index (κ3) is 4.20. The lowest BCUT2D eigenvalue weighted by Crippen LogP contribution is -2.45. The maximum atomic E-state index is 13.2. The van der Waals surface area contributed by atoms with Crippen molar-refractivity contribution in [2.75, 3.05) is 26.1 Å². The normalized spacial score (nSPS) is 20.6. The summed E-state index contributed by atoms with van der Waals surface area (Å²) >= 11 is 2.42. The summed E-state index contributed by atoms with van der Waals surface area (Å²) in [5.41, 5.74) is -0.375. The highest BCUT2D eigenvalue weighted by atomic mass is 32.2. The largest absolute Gasteiger partial charge is 0.497 e. The van der Waals surface area contributed by atoms with Crippen molar-refractivity contribution in [3.8, 4) is 5.75 Å². The van der Waals surface area contributed by atoms with Crippen LogP contribution in [0.5, 0.6) is 5.75 Å². The maximum absolute atomic E-state index is 13.2. The van der Waals surface area contributed by atoms with Gasteiger partial charge in [0.2, 0.25) is 0 Å². The number of benzene rings is 1. The molecule has 9 heteroatoms. The summed E-state index contributed by atoms with van der Waals surface area (Å²) in [7, 11) is 1.58. The molecule has 0 radical (unpaired) electrons. The maximum Gasteiger partial charge on any atom is 0.314 e. The van der Waals surface area contributed by atoms with Gasteiger partial charge in [-0.3, -0.25) is 14.4 Å². The van der Waals surface area contributed by atoms with Gasteiger partial charge in [0.25, 0.3) is 0 Å². The topological polar surface area (TPSA) is 94.7 Å². The van der Waals surface area contributed by atoms with E-state index in [1.165, 1.54) is 11.8 Å². The van der Waals surface area contributed by atoms with E-state index in [2.05, 4.69) is 4.98 Å². The van der Waals surface area contributed by atoms with Crippen LogP contribution in [0.25, 0.3) is 0 Å². The average Bonchev–Trinajstić information content (AvgIpc) is 3.08. The zero-order valence-corrected chi connectivity index (χ0v) is 18.1. The highest BCUT2D eigenvalue weighted by Gasteiger charge is 2.54. The van der Waals surface area contributed by atoms with E-state index in [1.54, 1.807) is 33.1 Å². The number of rotatable bonds is 7. The molecule has 0 amide bonds. The van der Waals surface area contributed by atoms with Crippen LogP contribution in [-0.4, -0.2) is 43.0 Å². The van der Waals surface area contributed by atoms with Crippen LogP contribution < -0.4 is 9.61 Å². The van der Waals surface area contributed by atoms with Crippen molar-refractivity contribution in [2.24, 2.45) is 5.41 Å². The molecule has 0 saturated heterocycles. The fourth-order valence-electron chi connectivity index (χ4n) is 3.57. The fraction of sp³-hybridized carbons (Fsp3) is 0.450. The highest BCUT2D eigenvalue weighted by Crippen LogP contribution is 2.54. The van der Waals surface area contributed by atoms with Crippen LogP contribution in [0, 0.1) is 5.41 Å². The Bertz CT molecular complexity index is 935. The van der Waals surface area contributed by atoms with E-state index in [0.717, 1.165) is 26.8 Å². The Hall–Kier alpha value is -2.26. The van der Waals surface area contributed by atoms with Gasteiger partial charge in [-0.2, -0.15) is 0 Å². The zero-order chi connectivity index (χ0) is 21.0. The fourth-order valence-corrected chi connectivity index (χ4v) is 6.13. The molecule has 1 aromatic carbocycles. The molecule has 1 aliphatic rings. The predicted molar refractivity (Wildman–Crippen MR) is 111 cm³/mol. The third-order valence-electron chi connectivity index (χ3n) is 4.83. The average molecular weight is 438 g/mol. The first-order valence-corrected chi connectivity index (χ1v) is 11.1. The number of thiazole rings is 1. The monoisotopic (exact) mass is 437 g/mol. The quantitative estimate of drug-likeness (QED) is 0.665. The van der Waals surface area contributed by atoms with E-state index in [4.69, 9.17) is 14.2 Å². The number of nitrogens with one attached hydrogen (secondary N) is 1. The molecule has 156 valence electrons. The number of methoxy groups -OCH3 is 1. The number of aromatic nitrogens is 1. The van der Waals surface area contributed by atoms with E-state index in [9.17, 15) is 14.4 Å². The van der Waals surface area contributed by atoms with Crippen LogP contribution in [0.2, 0.25) is 0 Å². The van der Waals surface area contributed by atoms with Gasteiger partial charge in [0.15, 0.2) is 0 Å². The van der Waals surface area contributed by atoms with Crippen molar-refractivity contribution in [3.63, 3.8) is 0 Å². The molecule has 0 fully saturated rings. The lowest BCUT2D eigenvalue weighted by Gasteiger charge is -2.40. The lowest BCUT2D eigenvalue weighted by molar-refractivity contribution is -0.162. The minimum Gasteiger partial charge on any atom is -0.497 e. The summed E-state index contributed by atoms with van der Waals surface area (Å²) in [6.07, 6.45) is -0.130. The van der Waals surface area contributed by atoms with Gasteiger partial charge in [-0.15, -0.1) is 11.8 Å². The van der Waals surface area contributed by atoms with Crippen molar-refractivity contribution >= 4 is 35.0 Å². The number of ether oxygens (including phenoxy) is 3. The van der Waals surface area contributed by atoms with Crippen molar-refractivity contribution in [1.82, 2.24) is 4.98 Å². The first-order valence-electron chi connectivity index (χ1n) is 9.27. The Kier molecular flexibility index (Phi) is 6.69. The SMILES string of the molecule is CCOC(=O)C[C@]1(C(=O)OCC)CSc2[nH]c(=O)sc2[C@@H]1c1ccc(OC)cc1. The van der Waals surface area contributed by atoms with Crippen molar-refractivity contribution in [1.29, 1.82) is 0 Å². The lowest BCUT2D eigenvalue weighted by atomic mass is 9.70. The number of carbonyl (C=O) groups excluding carboxylic acids is 2. The second-order valence-electron chi connectivity index (χ2n) is 6.56. The first kappa shape index (κ1) is 21.4. The third-order valence-corrected chi connectivity index (χ3v) is 7.17. The van der Waals surface area contributed by atoms with Crippen LogP contribution >= 0.6 is 23.1 Å². The molecule has 2 heterocycles. The first-order chi connectivity index (χ1) is 13.9. The Morgan fingerprint density at radius 2 is 1.86 bits per heavy atom. The summed E-state index contributed by atoms with van der Waals surface area (Å²) in [4.78, 5) is 41.2. The molecular formula is C20H23NO6S2. The second kappa shape index (κ2) is 9.04. The molecule has 0 spiro atoms. The summed E-state index contributed by atoms with van der Waals surface area (Å²) in [5, 5.41) is 0.726. The molecule has 7 nitrogen and oxygen atoms in total. The van der Waals surface area contributed by atoms with E-state index >= 15 is 0 Å². The van der Waals surface area contributed by atoms with Crippen LogP contribution in [-0.2, 0) is 19.1 Å². The minimum atomic E-state index is -1.18. The number of fused-ring (bicyclic) bond motifs is 1. The molecule has 0 bridgehead atoms. The molecule has 1 aromatic heterocycles. The van der Waals surface area contributed by atoms with Gasteiger partial charge in [0.1, 0.15) is 5.75 Å². The number of hydrogen-bond acceptors (Lipinski definition) is 8. The predicted octanol–water partition coefficient (Wildman–Crippen LogP) is 3.19. The molecular weight excluding hydrogens is 414 g/mol. The van der Waals surface area contributed by atoms with Gasteiger partial charge < -0.3 is 19.2 Å². The van der Waals surface area contributed by atoms with Crippen LogP contribution in [0.3, 0.4) is 0 Å². The van der Waals surface area contributed by atoms with Crippen molar-refractivity contribution in [2.45, 2.75) is 31.2 Å². The van der Waals surface area contributed by atoms with Crippen LogP contribution in [0.15, 0.2) is 34.1 Å². The minimum absolute atomic E-state index is 0.130. The number of H-pyrrole nitrogens is 1. The van der Waals surface area contributed by atoms with Crippen LogP contribution in [0.1, 0.15) is 36.6 Å². The van der Waals surface area contributed by atoms with Crippen molar-refractivity contribution < 1.29 is 23.8 Å². The van der Waals surface area contributed by atoms with Gasteiger partial charge in [-0.1, -0.05) is 23.5 Å². The smallest absolute Gasteiger partial charge is 0.314 e. The highest BCUT2D eigenvalue weighted by molar-refractivity contribution is 7.99. The summed E-state index contributed by atoms with van der Waals surface area (Å²) in [5.74, 6) is -0.481. The van der Waals surface area contributed by atoms with Gasteiger partial charge in [-0.25, -0.2) is 0 Å². The molecule has 0 saturated carbocycles. The Morgan fingerprint density at radius 3 is 2.48 bits per heavy atom. The van der Waals surface area contributed by atoms with E-state index in [0.29, 0.717) is 11.5 Å². The molecule has 3 rings (SSSR count). The molecule has 0 aliphatic carbocycles. The standard InChI is InChI=1S/C20H23NO6S2/c1-4-26-14(22)10-20(18(23)27-5-2)11-28-17-16(29-19(24)21-17)15(20)12-6-8-13(25-3)9-7-12/h6-9,15H,4-5,10-11H2,1-3H3,(H,21,24)/t15-,20-/m0/s1. The molecule has 29 heavy (non-hydrogen) atoms. The number of aromatic amines is 1. The van der Waals surface area contributed by atoms with E-state index in [1.807, 2.05) is 12.1 Å². The van der Waals surface area contributed by atoms with E-state index < -0.39 is 23.3 Å². The van der Waals surface area contributed by atoms with Gasteiger partial charge in [-0.05, 0) is 31.5 Å². The zero-order valence-electron chi connectivity index (χ0n) is 16.5. The number of hydrogen-bond donors (Lipinski definition) is 1. The van der Waals surface area contributed by atoms with Gasteiger partial charge in [0.05, 0.1) is 37.2 Å². The molecule has 1 N–H and O–H groups in total. The molecule has 2 atom stereocenters. The molecule has 1 aliphatic heterocycles. The van der Waals surface area contributed by atoms with Crippen LogP contribution in [0.4, 0.5) is 0 Å². The Labute approximate surface area is 176 Å². The Balaban J connectivity index is 2.17. The molecule has 0 unspecified atom stereocenters. The van der Waals surface area contributed by atoms with Crippen molar-refractivity contribution in [3.05, 3.63) is 44.4 Å². The van der Waals surface area contributed by atoms with Gasteiger partial charge >= 0.3 is 16.8 Å². The summed E-state index contributed by atoms with van der Waals surface area (Å²) in [6, 6.07) is 7.30. The number of esters is 2. The second-order valence-corrected chi connectivity index (χ2v) is 8.56.